The molecule has 0 aromatic carbocycles. The van der Waals surface area contributed by atoms with Gasteiger partial charge in [0.25, 0.3) is 17.4 Å². The Kier molecular flexibility index (Phi) is 9.18. The van der Waals surface area contributed by atoms with Gasteiger partial charge in [0.2, 0.25) is 0 Å². The van der Waals surface area contributed by atoms with Crippen LogP contribution in [0.5, 0.6) is 0 Å². The summed E-state index contributed by atoms with van der Waals surface area (Å²) in [6, 6.07) is -0.954. The van der Waals surface area contributed by atoms with Crippen LogP contribution in [0.1, 0.15) is 6.30 Å². The standard InChI is InChI=1S/C18H18N8O6S3.Na.H/c1-25-18(22-9(27)4-21-25)34-6-7-5-33-15-11(14(29)26(15)12(7)16(30)31)23-13(28)10(24-32-2)8-3-20-17(19)35-8;;/h3-4,11,15H,5-6H2,1-2H3,(H2,19,20)(H,23,28)(H,30,31);;/q;+1;-1/b24-10+;;/t11-,15-;;/m1../s1. The van der Waals surface area contributed by atoms with E-state index in [-0.39, 0.29) is 53.3 Å². The number of thiazole rings is 1. The molecule has 4 N–H and O–H groups in total. The molecule has 2 amide bonds. The largest absolute Gasteiger partial charge is 1.00 e. The van der Waals surface area contributed by atoms with Crippen LogP contribution in [-0.4, -0.2) is 83.3 Å². The summed E-state index contributed by atoms with van der Waals surface area (Å²) in [4.78, 5) is 63.3. The first kappa shape index (κ1) is 28.1. The fourth-order valence-corrected chi connectivity index (χ4v) is 6.42. The van der Waals surface area contributed by atoms with Gasteiger partial charge in [0, 0.05) is 24.8 Å². The maximum Gasteiger partial charge on any atom is 1.00 e. The van der Waals surface area contributed by atoms with E-state index in [4.69, 9.17) is 10.6 Å². The number of rotatable bonds is 8. The molecule has 0 saturated carbocycles. The van der Waals surface area contributed by atoms with Crippen molar-refractivity contribution in [3.63, 3.8) is 0 Å². The van der Waals surface area contributed by atoms with Crippen molar-refractivity contribution in [2.75, 3.05) is 24.3 Å². The molecule has 0 aliphatic carbocycles. The first-order valence-electron chi connectivity index (χ1n) is 9.78. The van der Waals surface area contributed by atoms with Gasteiger partial charge in [-0.15, -0.1) is 11.8 Å². The molecule has 1 saturated heterocycles. The number of oxime groups is 1. The Morgan fingerprint density at radius 2 is 2.17 bits per heavy atom. The van der Waals surface area contributed by atoms with E-state index < -0.39 is 34.8 Å². The molecule has 2 atom stereocenters. The summed E-state index contributed by atoms with van der Waals surface area (Å²) in [5.41, 5.74) is 5.35. The summed E-state index contributed by atoms with van der Waals surface area (Å²) in [5.74, 6) is -2.03. The zero-order chi connectivity index (χ0) is 25.3. The molecule has 14 nitrogen and oxygen atoms in total. The molecule has 4 rings (SSSR count). The van der Waals surface area contributed by atoms with Gasteiger partial charge < -0.3 is 22.4 Å². The molecule has 0 radical (unpaired) electrons. The second-order valence-corrected chi connectivity index (χ2v) is 10.2. The monoisotopic (exact) mass is 562 g/mol. The molecule has 2 aliphatic rings. The number of hydrogen-bond donors (Lipinski definition) is 3. The summed E-state index contributed by atoms with van der Waals surface area (Å²) in [5, 5.41) is 20.0. The maximum absolute atomic E-state index is 12.9. The third-order valence-corrected chi connectivity index (χ3v) is 8.17. The average Bonchev–Trinajstić information content (AvgIpc) is 3.26. The number of nitrogens with two attached hydrogens (primary N) is 1. The Labute approximate surface area is 239 Å². The Morgan fingerprint density at radius 1 is 1.42 bits per heavy atom. The van der Waals surface area contributed by atoms with Crippen LogP contribution in [0.25, 0.3) is 0 Å². The van der Waals surface area contributed by atoms with Crippen molar-refractivity contribution in [1.29, 1.82) is 0 Å². The third kappa shape index (κ3) is 5.60. The zero-order valence-corrected chi connectivity index (χ0v) is 23.6. The number of aryl methyl sites for hydroxylation is 1. The Balaban J connectivity index is 0.00000241. The number of aliphatic carboxylic acids is 1. The first-order valence-corrected chi connectivity index (χ1v) is 12.6. The summed E-state index contributed by atoms with van der Waals surface area (Å²) in [6.45, 7) is 0. The fourth-order valence-electron chi connectivity index (χ4n) is 3.35. The summed E-state index contributed by atoms with van der Waals surface area (Å²) >= 11 is 3.48. The van der Waals surface area contributed by atoms with Crippen LogP contribution in [0.3, 0.4) is 0 Å². The van der Waals surface area contributed by atoms with Crippen LogP contribution in [0, 0.1) is 0 Å². The van der Waals surface area contributed by atoms with Crippen LogP contribution in [0.2, 0.25) is 0 Å². The molecule has 0 spiro atoms. The molecule has 2 aromatic heterocycles. The number of carboxylic acids is 1. The van der Waals surface area contributed by atoms with E-state index in [0.717, 1.165) is 34.2 Å². The molecule has 18 heteroatoms. The molecular formula is C18H19N8NaO6S3. The molecule has 4 heterocycles. The molecule has 0 bridgehead atoms. The number of nitrogens with one attached hydrogen (secondary N) is 1. The number of β-lactam (4-membered cyclic amide) rings is 1. The molecule has 186 valence electrons. The van der Waals surface area contributed by atoms with Crippen molar-refractivity contribution in [2.45, 2.75) is 16.6 Å². The molecule has 2 aliphatic heterocycles. The second-order valence-electron chi connectivity index (χ2n) is 7.09. The minimum absolute atomic E-state index is 0. The van der Waals surface area contributed by atoms with Gasteiger partial charge in [-0.25, -0.2) is 14.5 Å². The Hall–Kier alpha value is -2.44. The number of anilines is 1. The smallest absolute Gasteiger partial charge is 1.00 e. The van der Waals surface area contributed by atoms with Crippen LogP contribution >= 0.6 is 34.9 Å². The van der Waals surface area contributed by atoms with Gasteiger partial charge in [-0.2, -0.15) is 10.1 Å². The molecule has 2 aromatic rings. The number of aromatic nitrogens is 4. The van der Waals surface area contributed by atoms with Crippen LogP contribution in [0.15, 0.2) is 38.8 Å². The van der Waals surface area contributed by atoms with E-state index in [1.165, 1.54) is 29.8 Å². The SMILES string of the molecule is CO/N=C(/C(=O)N[C@@H]1C(=O)N2C(C(=O)O)=C(CSc3nc(=O)cnn3C)CS[C@H]12)c1cnc(N)s1.[H-].[Na+]. The summed E-state index contributed by atoms with van der Waals surface area (Å²) in [6.07, 6.45) is 2.44. The van der Waals surface area contributed by atoms with E-state index in [0.29, 0.717) is 21.4 Å². The number of nitrogens with zero attached hydrogens (tertiary/aromatic N) is 6. The quantitative estimate of drug-likeness (QED) is 0.0935. The maximum atomic E-state index is 12.9. The van der Waals surface area contributed by atoms with Crippen molar-refractivity contribution in [3.8, 4) is 0 Å². The van der Waals surface area contributed by atoms with E-state index in [1.807, 2.05) is 0 Å². The molecule has 36 heavy (non-hydrogen) atoms. The van der Waals surface area contributed by atoms with Gasteiger partial charge >= 0.3 is 35.5 Å². The minimum atomic E-state index is -1.26. The van der Waals surface area contributed by atoms with Gasteiger partial charge in [-0.05, 0) is 5.57 Å². The van der Waals surface area contributed by atoms with Crippen LogP contribution in [0.4, 0.5) is 5.13 Å². The topological polar surface area (TPSA) is 195 Å². The van der Waals surface area contributed by atoms with Crippen molar-refractivity contribution in [1.82, 2.24) is 30.0 Å². The number of carboxylic acid groups (broad SMARTS) is 1. The van der Waals surface area contributed by atoms with E-state index in [1.54, 1.807) is 7.05 Å². The van der Waals surface area contributed by atoms with Crippen molar-refractivity contribution < 1.29 is 55.3 Å². The normalized spacial score (nSPS) is 19.2. The summed E-state index contributed by atoms with van der Waals surface area (Å²) < 4.78 is 1.40. The van der Waals surface area contributed by atoms with Crippen LogP contribution in [-0.2, 0) is 26.3 Å². The number of amides is 2. The van der Waals surface area contributed by atoms with E-state index in [9.17, 15) is 24.3 Å². The number of carbonyl (C=O) groups is 3. The third-order valence-electron chi connectivity index (χ3n) is 4.89. The van der Waals surface area contributed by atoms with Crippen LogP contribution < -0.4 is 46.2 Å². The number of nitrogen functional groups attached to an aromatic ring is 1. The van der Waals surface area contributed by atoms with Gasteiger partial charge in [0.1, 0.15) is 30.4 Å². The van der Waals surface area contributed by atoms with E-state index in [2.05, 4.69) is 25.5 Å². The van der Waals surface area contributed by atoms with Gasteiger partial charge in [-0.3, -0.25) is 19.3 Å². The fraction of sp³-hybridized carbons (Fsp3) is 0.333. The number of thioether (sulfide) groups is 2. The average molecular weight is 563 g/mol. The minimum Gasteiger partial charge on any atom is -1.00 e. The van der Waals surface area contributed by atoms with Gasteiger partial charge in [0.15, 0.2) is 16.0 Å². The first-order chi connectivity index (χ1) is 16.7. The van der Waals surface area contributed by atoms with Crippen molar-refractivity contribution in [3.05, 3.63) is 38.9 Å². The van der Waals surface area contributed by atoms with Crippen molar-refractivity contribution >= 4 is 63.5 Å². The number of carbonyl (C=O) groups excluding carboxylic acids is 2. The van der Waals surface area contributed by atoms with Gasteiger partial charge in [0.05, 0.1) is 4.88 Å². The van der Waals surface area contributed by atoms with Gasteiger partial charge in [-0.1, -0.05) is 28.3 Å². The summed E-state index contributed by atoms with van der Waals surface area (Å²) in [7, 11) is 2.88. The number of hydrogen-bond acceptors (Lipinski definition) is 13. The molecule has 0 unspecified atom stereocenters. The van der Waals surface area contributed by atoms with Crippen molar-refractivity contribution in [2.24, 2.45) is 12.2 Å². The predicted molar refractivity (Wildman–Crippen MR) is 129 cm³/mol. The van der Waals surface area contributed by atoms with E-state index >= 15 is 0 Å². The molecular weight excluding hydrogens is 543 g/mol. The Bertz CT molecular complexity index is 1330. The second kappa shape index (κ2) is 11.7. The molecule has 1 fully saturated rings. The predicted octanol–water partition coefficient (Wildman–Crippen LogP) is -3.79. The Morgan fingerprint density at radius 3 is 2.81 bits per heavy atom. The number of fused-ring (bicyclic) bond motifs is 1. The zero-order valence-electron chi connectivity index (χ0n) is 20.2.